The standard InChI is InChI=1S/C12H22N2O8S2/c1-7(13-23(3,19)20)5-9(11(15)16)10(12(17)18)6-8(2)14-24(4,21)22/h7-8,13-14H,5-6H2,1-4H3,(H,15,16)(H,17,18)/b10-9+/t7-,8-/m1/s1. The average Bonchev–Trinajstić information content (AvgIpc) is 2.28. The summed E-state index contributed by atoms with van der Waals surface area (Å²) in [7, 11) is -7.18. The average molecular weight is 386 g/mol. The second-order valence-corrected chi connectivity index (χ2v) is 9.12. The van der Waals surface area contributed by atoms with Crippen LogP contribution in [0.2, 0.25) is 0 Å². The lowest BCUT2D eigenvalue weighted by molar-refractivity contribution is -0.136. The number of carbonyl (C=O) groups is 2. The van der Waals surface area contributed by atoms with Crippen LogP contribution in [0.1, 0.15) is 26.7 Å². The second kappa shape index (κ2) is 8.55. The van der Waals surface area contributed by atoms with Crippen LogP contribution >= 0.6 is 0 Å². The summed E-state index contributed by atoms with van der Waals surface area (Å²) in [6, 6.07) is -1.70. The molecule has 0 fully saturated rings. The highest BCUT2D eigenvalue weighted by molar-refractivity contribution is 7.89. The third kappa shape index (κ3) is 9.60. The van der Waals surface area contributed by atoms with Crippen molar-refractivity contribution in [3.63, 3.8) is 0 Å². The normalized spacial score (nSPS) is 16.2. The molecular weight excluding hydrogens is 364 g/mol. The van der Waals surface area contributed by atoms with E-state index in [9.17, 15) is 36.6 Å². The zero-order valence-electron chi connectivity index (χ0n) is 13.7. The van der Waals surface area contributed by atoms with Crippen molar-refractivity contribution in [2.24, 2.45) is 0 Å². The largest absolute Gasteiger partial charge is 0.478 e. The molecule has 2 atom stereocenters. The van der Waals surface area contributed by atoms with Crippen LogP contribution in [0.4, 0.5) is 0 Å². The maximum atomic E-state index is 11.4. The van der Waals surface area contributed by atoms with Gasteiger partial charge in [0.05, 0.1) is 12.5 Å². The molecule has 0 aromatic heterocycles. The maximum Gasteiger partial charge on any atom is 0.332 e. The summed E-state index contributed by atoms with van der Waals surface area (Å²) in [6.07, 6.45) is 1.05. The summed E-state index contributed by atoms with van der Waals surface area (Å²) in [5.41, 5.74) is -0.985. The first-order chi connectivity index (χ1) is 10.6. The molecule has 0 bridgehead atoms. The first kappa shape index (κ1) is 22.5. The fraction of sp³-hybridized carbons (Fsp3) is 0.667. The van der Waals surface area contributed by atoms with E-state index in [4.69, 9.17) is 0 Å². The molecule has 10 nitrogen and oxygen atoms in total. The Morgan fingerprint density at radius 3 is 1.21 bits per heavy atom. The number of nitrogens with one attached hydrogen (secondary N) is 2. The smallest absolute Gasteiger partial charge is 0.332 e. The molecule has 0 saturated heterocycles. The van der Waals surface area contributed by atoms with Gasteiger partial charge < -0.3 is 10.2 Å². The van der Waals surface area contributed by atoms with E-state index in [-0.39, 0.29) is 12.8 Å². The van der Waals surface area contributed by atoms with Gasteiger partial charge in [-0.25, -0.2) is 35.9 Å². The lowest BCUT2D eigenvalue weighted by Crippen LogP contribution is -2.35. The number of hydrogen-bond donors (Lipinski definition) is 4. The van der Waals surface area contributed by atoms with Crippen molar-refractivity contribution in [1.82, 2.24) is 9.44 Å². The molecule has 0 aromatic rings. The summed E-state index contributed by atoms with van der Waals surface area (Å²) in [5, 5.41) is 18.5. The number of rotatable bonds is 10. The molecule has 0 aliphatic heterocycles. The van der Waals surface area contributed by atoms with E-state index in [0.717, 1.165) is 12.5 Å². The third-order valence-corrected chi connectivity index (χ3v) is 4.39. The van der Waals surface area contributed by atoms with Crippen molar-refractivity contribution >= 4 is 32.0 Å². The molecule has 0 aromatic carbocycles. The zero-order valence-corrected chi connectivity index (χ0v) is 15.4. The molecular formula is C12H22N2O8S2. The van der Waals surface area contributed by atoms with Gasteiger partial charge in [0.1, 0.15) is 0 Å². The van der Waals surface area contributed by atoms with Gasteiger partial charge in [0, 0.05) is 23.2 Å². The Morgan fingerprint density at radius 1 is 0.792 bits per heavy atom. The molecule has 0 spiro atoms. The van der Waals surface area contributed by atoms with E-state index in [2.05, 4.69) is 9.44 Å². The van der Waals surface area contributed by atoms with E-state index in [1.165, 1.54) is 13.8 Å². The van der Waals surface area contributed by atoms with Crippen LogP contribution in [0.25, 0.3) is 0 Å². The fourth-order valence-corrected chi connectivity index (χ4v) is 3.73. The van der Waals surface area contributed by atoms with Gasteiger partial charge >= 0.3 is 11.9 Å². The van der Waals surface area contributed by atoms with Gasteiger partial charge in [-0.3, -0.25) is 0 Å². The first-order valence-corrected chi connectivity index (χ1v) is 10.5. The minimum Gasteiger partial charge on any atom is -0.478 e. The van der Waals surface area contributed by atoms with Crippen molar-refractivity contribution in [2.75, 3.05) is 12.5 Å². The zero-order chi connectivity index (χ0) is 19.3. The number of carboxylic acids is 2. The lowest BCUT2D eigenvalue weighted by Gasteiger charge is -2.17. The molecule has 0 aliphatic carbocycles. The van der Waals surface area contributed by atoms with Gasteiger partial charge in [-0.2, -0.15) is 0 Å². The molecule has 4 N–H and O–H groups in total. The Labute approximate surface area is 141 Å². The SMILES string of the molecule is C[C@H](C/C(C(=O)O)=C(/C[C@@H](C)NS(C)(=O)=O)C(=O)O)NS(C)(=O)=O. The van der Waals surface area contributed by atoms with Crippen LogP contribution in [0.15, 0.2) is 11.1 Å². The highest BCUT2D eigenvalue weighted by atomic mass is 32.2. The molecule has 0 heterocycles. The molecule has 0 unspecified atom stereocenters. The fourth-order valence-electron chi connectivity index (χ4n) is 2.11. The van der Waals surface area contributed by atoms with E-state index < -0.39 is 55.2 Å². The first-order valence-electron chi connectivity index (χ1n) is 6.75. The Morgan fingerprint density at radius 2 is 1.04 bits per heavy atom. The van der Waals surface area contributed by atoms with Gasteiger partial charge in [0.2, 0.25) is 20.0 Å². The van der Waals surface area contributed by atoms with Gasteiger partial charge in [-0.15, -0.1) is 0 Å². The summed E-state index contributed by atoms with van der Waals surface area (Å²) in [5.74, 6) is -3.03. The van der Waals surface area contributed by atoms with Gasteiger partial charge in [0.15, 0.2) is 0 Å². The van der Waals surface area contributed by atoms with Gasteiger partial charge in [0.25, 0.3) is 0 Å². The summed E-state index contributed by atoms with van der Waals surface area (Å²) in [4.78, 5) is 22.8. The highest BCUT2D eigenvalue weighted by Gasteiger charge is 2.25. The Kier molecular flexibility index (Phi) is 8.02. The minimum absolute atomic E-state index is 0.365. The van der Waals surface area contributed by atoms with E-state index in [1.807, 2.05) is 0 Å². The number of sulfonamides is 2. The van der Waals surface area contributed by atoms with E-state index >= 15 is 0 Å². The minimum atomic E-state index is -3.59. The topological polar surface area (TPSA) is 167 Å². The van der Waals surface area contributed by atoms with Crippen LogP contribution in [0.3, 0.4) is 0 Å². The molecule has 24 heavy (non-hydrogen) atoms. The molecule has 0 saturated carbocycles. The third-order valence-electron chi connectivity index (χ3n) is 2.73. The van der Waals surface area contributed by atoms with Crippen LogP contribution in [0.5, 0.6) is 0 Å². The van der Waals surface area contributed by atoms with Crippen molar-refractivity contribution in [1.29, 1.82) is 0 Å². The summed E-state index contributed by atoms with van der Waals surface area (Å²) >= 11 is 0. The van der Waals surface area contributed by atoms with Gasteiger partial charge in [-0.1, -0.05) is 0 Å². The lowest BCUT2D eigenvalue weighted by atomic mass is 9.97. The second-order valence-electron chi connectivity index (χ2n) is 5.56. The molecule has 0 rings (SSSR count). The van der Waals surface area contributed by atoms with Crippen LogP contribution in [-0.2, 0) is 29.6 Å². The van der Waals surface area contributed by atoms with E-state index in [0.29, 0.717) is 0 Å². The predicted octanol–water partition coefficient (Wildman–Crippen LogP) is -0.892. The van der Waals surface area contributed by atoms with Crippen LogP contribution in [-0.4, -0.2) is 63.6 Å². The van der Waals surface area contributed by atoms with Crippen molar-refractivity contribution < 1.29 is 36.6 Å². The van der Waals surface area contributed by atoms with Crippen LogP contribution in [0, 0.1) is 0 Å². The Balaban J connectivity index is 5.59. The summed E-state index contributed by atoms with van der Waals surface area (Å²) in [6.45, 7) is 2.78. The van der Waals surface area contributed by atoms with Gasteiger partial charge in [-0.05, 0) is 26.7 Å². The molecule has 0 aliphatic rings. The van der Waals surface area contributed by atoms with Crippen LogP contribution < -0.4 is 9.44 Å². The number of hydrogen-bond acceptors (Lipinski definition) is 6. The molecule has 140 valence electrons. The number of aliphatic carboxylic acids is 2. The molecule has 0 amide bonds. The van der Waals surface area contributed by atoms with Crippen molar-refractivity contribution in [3.05, 3.63) is 11.1 Å². The number of carboxylic acid groups (broad SMARTS) is 2. The highest BCUT2D eigenvalue weighted by Crippen LogP contribution is 2.18. The van der Waals surface area contributed by atoms with Crippen molar-refractivity contribution in [2.45, 2.75) is 38.8 Å². The molecule has 0 radical (unpaired) electrons. The predicted molar refractivity (Wildman–Crippen MR) is 86.4 cm³/mol. The van der Waals surface area contributed by atoms with E-state index in [1.54, 1.807) is 0 Å². The Bertz CT molecular complexity index is 662. The Hall–Kier alpha value is -1.50. The molecule has 12 heteroatoms. The van der Waals surface area contributed by atoms with Crippen molar-refractivity contribution in [3.8, 4) is 0 Å². The quantitative estimate of drug-likeness (QED) is 0.351. The monoisotopic (exact) mass is 386 g/mol. The summed E-state index contributed by atoms with van der Waals surface area (Å²) < 4.78 is 49.0. The maximum absolute atomic E-state index is 11.4.